The molecule has 1 aromatic carbocycles. The van der Waals surface area contributed by atoms with E-state index in [2.05, 4.69) is 30.8 Å². The van der Waals surface area contributed by atoms with E-state index < -0.39 is 5.97 Å². The fourth-order valence-corrected chi connectivity index (χ4v) is 3.15. The average molecular weight is 367 g/mol. The first-order chi connectivity index (χ1) is 13.1. The maximum Gasteiger partial charge on any atom is 0.335 e. The lowest BCUT2D eigenvalue weighted by atomic mass is 9.95. The van der Waals surface area contributed by atoms with Crippen LogP contribution in [0.2, 0.25) is 0 Å². The van der Waals surface area contributed by atoms with Crippen LogP contribution in [-0.4, -0.2) is 55.3 Å². The number of hydrogen-bond acceptors (Lipinski definition) is 7. The molecule has 1 aliphatic heterocycles. The summed E-state index contributed by atoms with van der Waals surface area (Å²) in [5.41, 5.74) is 1.22. The van der Waals surface area contributed by atoms with E-state index >= 15 is 0 Å². The summed E-state index contributed by atoms with van der Waals surface area (Å²) in [5.74, 6) is -0.484. The number of carboxylic acids is 1. The van der Waals surface area contributed by atoms with Gasteiger partial charge >= 0.3 is 5.97 Å². The third-order valence-electron chi connectivity index (χ3n) is 4.62. The molecule has 3 aromatic rings. The maximum atomic E-state index is 12.5. The number of anilines is 2. The second kappa shape index (κ2) is 6.98. The van der Waals surface area contributed by atoms with Crippen molar-refractivity contribution in [3.05, 3.63) is 42.0 Å². The fraction of sp³-hybridized carbons (Fsp3) is 0.294. The number of piperidine rings is 1. The largest absolute Gasteiger partial charge is 0.478 e. The van der Waals surface area contributed by atoms with Crippen LogP contribution in [0.1, 0.15) is 23.2 Å². The number of carbonyl (C=O) groups is 2. The Kier molecular flexibility index (Phi) is 4.37. The van der Waals surface area contributed by atoms with Gasteiger partial charge in [-0.3, -0.25) is 4.79 Å². The Balaban J connectivity index is 1.37. The van der Waals surface area contributed by atoms with Crippen LogP contribution in [0.5, 0.6) is 0 Å². The molecule has 138 valence electrons. The van der Waals surface area contributed by atoms with Crippen molar-refractivity contribution in [1.82, 2.24) is 25.3 Å². The minimum Gasteiger partial charge on any atom is -0.478 e. The molecule has 1 fully saturated rings. The number of carbonyl (C=O) groups excluding carboxylic acids is 1. The molecule has 2 N–H and O–H groups in total. The number of aromatic nitrogens is 5. The van der Waals surface area contributed by atoms with Crippen LogP contribution in [0.15, 0.2) is 36.4 Å². The lowest BCUT2D eigenvalue weighted by molar-refractivity contribution is -0.120. The zero-order valence-corrected chi connectivity index (χ0v) is 14.3. The number of amides is 1. The van der Waals surface area contributed by atoms with E-state index in [0.717, 1.165) is 5.82 Å². The molecule has 10 heteroatoms. The summed E-state index contributed by atoms with van der Waals surface area (Å²) in [6.45, 7) is 1.38. The molecule has 3 heterocycles. The number of benzene rings is 1. The van der Waals surface area contributed by atoms with E-state index in [9.17, 15) is 9.59 Å². The van der Waals surface area contributed by atoms with E-state index in [1.54, 1.807) is 18.2 Å². The molecule has 1 amide bonds. The molecular weight excluding hydrogens is 350 g/mol. The second-order valence-corrected chi connectivity index (χ2v) is 6.35. The standard InChI is InChI=1S/C17H17N7O3/c25-16(18-13-3-1-2-12(10-13)17(26)27)11-6-8-23(9-7-11)15-5-4-14-19-21-22-24(14)20-15/h1-5,10-11H,6-9H2,(H,18,25)(H,26,27). The van der Waals surface area contributed by atoms with Gasteiger partial charge in [-0.2, -0.15) is 0 Å². The van der Waals surface area contributed by atoms with Crippen LogP contribution in [-0.2, 0) is 4.79 Å². The average Bonchev–Trinajstić information content (AvgIpc) is 3.16. The smallest absolute Gasteiger partial charge is 0.335 e. The molecule has 1 aliphatic rings. The van der Waals surface area contributed by atoms with Gasteiger partial charge in [0.25, 0.3) is 0 Å². The Labute approximate surface area is 153 Å². The predicted molar refractivity (Wildman–Crippen MR) is 95.5 cm³/mol. The van der Waals surface area contributed by atoms with Crippen molar-refractivity contribution in [2.24, 2.45) is 5.92 Å². The molecule has 0 radical (unpaired) electrons. The molecule has 0 atom stereocenters. The van der Waals surface area contributed by atoms with E-state index in [1.807, 2.05) is 6.07 Å². The third-order valence-corrected chi connectivity index (χ3v) is 4.62. The number of tetrazole rings is 1. The van der Waals surface area contributed by atoms with Gasteiger partial charge in [-0.25, -0.2) is 4.79 Å². The minimum atomic E-state index is -1.02. The molecule has 27 heavy (non-hydrogen) atoms. The van der Waals surface area contributed by atoms with Crippen LogP contribution >= 0.6 is 0 Å². The van der Waals surface area contributed by atoms with Crippen molar-refractivity contribution in [3.63, 3.8) is 0 Å². The zero-order valence-electron chi connectivity index (χ0n) is 14.3. The Bertz CT molecular complexity index is 995. The number of nitrogens with zero attached hydrogens (tertiary/aromatic N) is 6. The fourth-order valence-electron chi connectivity index (χ4n) is 3.15. The van der Waals surface area contributed by atoms with Gasteiger partial charge in [0, 0.05) is 24.7 Å². The monoisotopic (exact) mass is 367 g/mol. The van der Waals surface area contributed by atoms with E-state index in [-0.39, 0.29) is 17.4 Å². The van der Waals surface area contributed by atoms with E-state index in [1.165, 1.54) is 16.8 Å². The maximum absolute atomic E-state index is 12.5. The summed E-state index contributed by atoms with van der Waals surface area (Å²) in [4.78, 5) is 25.6. The lowest BCUT2D eigenvalue weighted by Gasteiger charge is -2.31. The van der Waals surface area contributed by atoms with Gasteiger partial charge in [-0.05, 0) is 53.6 Å². The first-order valence-electron chi connectivity index (χ1n) is 8.55. The summed E-state index contributed by atoms with van der Waals surface area (Å²) < 4.78 is 1.38. The minimum absolute atomic E-state index is 0.0962. The van der Waals surface area contributed by atoms with Gasteiger partial charge in [0.2, 0.25) is 5.91 Å². The highest BCUT2D eigenvalue weighted by atomic mass is 16.4. The molecular formula is C17H17N7O3. The molecule has 0 aliphatic carbocycles. The van der Waals surface area contributed by atoms with Gasteiger partial charge in [0.15, 0.2) is 11.5 Å². The number of rotatable bonds is 4. The zero-order chi connectivity index (χ0) is 18.8. The van der Waals surface area contributed by atoms with Crippen molar-refractivity contribution in [3.8, 4) is 0 Å². The predicted octanol–water partition coefficient (Wildman–Crippen LogP) is 1.07. The molecule has 0 unspecified atom stereocenters. The number of fused-ring (bicyclic) bond motifs is 1. The molecule has 0 saturated carbocycles. The van der Waals surface area contributed by atoms with Crippen LogP contribution < -0.4 is 10.2 Å². The van der Waals surface area contributed by atoms with Crippen LogP contribution in [0.4, 0.5) is 11.5 Å². The Morgan fingerprint density at radius 2 is 1.96 bits per heavy atom. The Hall–Kier alpha value is -3.56. The third kappa shape index (κ3) is 3.54. The number of aromatic carboxylic acids is 1. The van der Waals surface area contributed by atoms with Gasteiger partial charge < -0.3 is 15.3 Å². The summed E-state index contributed by atoms with van der Waals surface area (Å²) in [5, 5.41) is 27.4. The highest BCUT2D eigenvalue weighted by Gasteiger charge is 2.26. The van der Waals surface area contributed by atoms with Crippen molar-refractivity contribution in [2.75, 3.05) is 23.3 Å². The van der Waals surface area contributed by atoms with E-state index in [4.69, 9.17) is 5.11 Å². The van der Waals surface area contributed by atoms with Crippen molar-refractivity contribution in [2.45, 2.75) is 12.8 Å². The van der Waals surface area contributed by atoms with Crippen molar-refractivity contribution < 1.29 is 14.7 Å². The van der Waals surface area contributed by atoms with Gasteiger partial charge in [-0.1, -0.05) is 6.07 Å². The summed E-state index contributed by atoms with van der Waals surface area (Å²) in [6, 6.07) is 9.92. The molecule has 1 saturated heterocycles. The molecule has 4 rings (SSSR count). The topological polar surface area (TPSA) is 126 Å². The van der Waals surface area contributed by atoms with Gasteiger partial charge in [-0.15, -0.1) is 14.8 Å². The normalized spacial score (nSPS) is 15.0. The van der Waals surface area contributed by atoms with Crippen LogP contribution in [0.25, 0.3) is 5.65 Å². The summed E-state index contributed by atoms with van der Waals surface area (Å²) in [6.07, 6.45) is 1.36. The molecule has 2 aromatic heterocycles. The SMILES string of the molecule is O=C(O)c1cccc(NC(=O)C2CCN(c3ccc4nnnn4n3)CC2)c1. The summed E-state index contributed by atoms with van der Waals surface area (Å²) in [7, 11) is 0. The number of hydrogen-bond donors (Lipinski definition) is 2. The van der Waals surface area contributed by atoms with Crippen molar-refractivity contribution >= 4 is 29.0 Å². The highest BCUT2D eigenvalue weighted by molar-refractivity contribution is 5.95. The van der Waals surface area contributed by atoms with Crippen LogP contribution in [0, 0.1) is 5.92 Å². The number of carboxylic acid groups (broad SMARTS) is 1. The first-order valence-corrected chi connectivity index (χ1v) is 8.55. The van der Waals surface area contributed by atoms with Gasteiger partial charge in [0.05, 0.1) is 5.56 Å². The first kappa shape index (κ1) is 16.9. The molecule has 10 nitrogen and oxygen atoms in total. The molecule has 0 bridgehead atoms. The second-order valence-electron chi connectivity index (χ2n) is 6.35. The Morgan fingerprint density at radius 3 is 2.74 bits per heavy atom. The highest BCUT2D eigenvalue weighted by Crippen LogP contribution is 2.23. The molecule has 0 spiro atoms. The number of nitrogens with one attached hydrogen (secondary N) is 1. The summed E-state index contributed by atoms with van der Waals surface area (Å²) >= 11 is 0. The van der Waals surface area contributed by atoms with Crippen LogP contribution in [0.3, 0.4) is 0 Å². The lowest BCUT2D eigenvalue weighted by Crippen LogP contribution is -2.38. The Morgan fingerprint density at radius 1 is 1.15 bits per heavy atom. The quantitative estimate of drug-likeness (QED) is 0.701. The van der Waals surface area contributed by atoms with Crippen molar-refractivity contribution in [1.29, 1.82) is 0 Å². The van der Waals surface area contributed by atoms with E-state index in [0.29, 0.717) is 37.3 Å². The van der Waals surface area contributed by atoms with Gasteiger partial charge in [0.1, 0.15) is 0 Å².